The number of fused-ring (bicyclic) bond motifs is 4. The molecule has 3 atom stereocenters. The Morgan fingerprint density at radius 2 is 1.97 bits per heavy atom. The summed E-state index contributed by atoms with van der Waals surface area (Å²) >= 11 is 1.24. The molecule has 0 radical (unpaired) electrons. The summed E-state index contributed by atoms with van der Waals surface area (Å²) in [6.07, 6.45) is 5.75. The molecule has 2 aliphatic rings. The van der Waals surface area contributed by atoms with Gasteiger partial charge in [-0.15, -0.1) is 0 Å². The van der Waals surface area contributed by atoms with E-state index in [1.807, 2.05) is 0 Å². The highest BCUT2D eigenvalue weighted by Crippen LogP contribution is 2.57. The van der Waals surface area contributed by atoms with Crippen LogP contribution in [-0.2, 0) is 26.5 Å². The van der Waals surface area contributed by atoms with Crippen molar-refractivity contribution in [3.63, 3.8) is 0 Å². The van der Waals surface area contributed by atoms with Crippen molar-refractivity contribution in [2.24, 2.45) is 11.3 Å². The summed E-state index contributed by atoms with van der Waals surface area (Å²) in [7, 11) is -3.32. The number of rotatable bonds is 8. The summed E-state index contributed by atoms with van der Waals surface area (Å²) < 4.78 is 30.1. The third-order valence-corrected chi connectivity index (χ3v) is 11.8. The van der Waals surface area contributed by atoms with E-state index in [9.17, 15) is 13.2 Å². The molecule has 0 bridgehead atoms. The lowest BCUT2D eigenvalue weighted by atomic mass is 9.49. The lowest BCUT2D eigenvalue weighted by Gasteiger charge is -2.55. The van der Waals surface area contributed by atoms with Gasteiger partial charge in [0.15, 0.2) is 15.4 Å². The van der Waals surface area contributed by atoms with E-state index >= 15 is 0 Å². The van der Waals surface area contributed by atoms with Crippen LogP contribution in [0.1, 0.15) is 82.9 Å². The molecule has 3 aromatic rings. The number of aromatic nitrogens is 1. The molecular weight excluding hydrogens is 528 g/mol. The highest BCUT2D eigenvalue weighted by atomic mass is 32.2. The summed E-state index contributed by atoms with van der Waals surface area (Å²) in [4.78, 5) is 17.5. The smallest absolute Gasteiger partial charge is 0.257 e. The minimum atomic E-state index is -3.32. The van der Waals surface area contributed by atoms with E-state index in [0.717, 1.165) is 25.7 Å². The largest absolute Gasteiger partial charge is 0.431 e. The van der Waals surface area contributed by atoms with E-state index < -0.39 is 9.84 Å². The van der Waals surface area contributed by atoms with Gasteiger partial charge in [-0.3, -0.25) is 4.79 Å². The second kappa shape index (κ2) is 10.6. The quantitative estimate of drug-likeness (QED) is 0.306. The highest BCUT2D eigenvalue weighted by Gasteiger charge is 2.51. The first kappa shape index (κ1) is 28.2. The van der Waals surface area contributed by atoms with E-state index in [1.165, 1.54) is 40.9 Å². The first-order chi connectivity index (χ1) is 18.4. The van der Waals surface area contributed by atoms with Crippen LogP contribution < -0.4 is 5.32 Å². The van der Waals surface area contributed by atoms with Gasteiger partial charge in [-0.05, 0) is 83.2 Å². The molecule has 39 heavy (non-hydrogen) atoms. The summed E-state index contributed by atoms with van der Waals surface area (Å²) in [5.41, 5.74) is 5.63. The molecule has 1 saturated carbocycles. The maximum atomic E-state index is 12.9. The summed E-state index contributed by atoms with van der Waals surface area (Å²) in [6.45, 7) is 11.6. The van der Waals surface area contributed by atoms with Gasteiger partial charge < -0.3 is 9.73 Å². The van der Waals surface area contributed by atoms with Crippen molar-refractivity contribution >= 4 is 38.6 Å². The van der Waals surface area contributed by atoms with Crippen LogP contribution in [0.15, 0.2) is 50.9 Å². The fourth-order valence-corrected chi connectivity index (χ4v) is 8.57. The first-order valence-electron chi connectivity index (χ1n) is 14.1. The van der Waals surface area contributed by atoms with Crippen molar-refractivity contribution in [2.45, 2.75) is 88.2 Å². The van der Waals surface area contributed by atoms with E-state index in [-0.39, 0.29) is 33.1 Å². The van der Waals surface area contributed by atoms with E-state index in [2.05, 4.69) is 56.2 Å². The van der Waals surface area contributed by atoms with Crippen LogP contribution >= 0.6 is 11.8 Å². The number of carbonyl (C=O) groups excluding carboxylic acids is 1. The van der Waals surface area contributed by atoms with Gasteiger partial charge >= 0.3 is 0 Å². The molecule has 2 aromatic carbocycles. The number of sulfone groups is 1. The van der Waals surface area contributed by atoms with Crippen LogP contribution in [0.25, 0.3) is 11.1 Å². The maximum Gasteiger partial charge on any atom is 0.257 e. The van der Waals surface area contributed by atoms with Crippen molar-refractivity contribution in [1.29, 1.82) is 0 Å². The topological polar surface area (TPSA) is 89.3 Å². The molecule has 1 heterocycles. The number of oxazole rings is 1. The standard InChI is InChI=1S/C31H40N2O4S2/c1-6-39(35,36)23-10-12-26-25(17-23)33-29(37-26)38-18-28(34)32-19-30(4)14-7-15-31(5)24-11-8-21(20(2)3)16-22(24)9-13-27(30)31/h8,10-12,16-17,20,27H,6-7,9,13-15,18-19H2,1-5H3,(H,32,34). The second-order valence-corrected chi connectivity index (χ2v) is 15.4. The van der Waals surface area contributed by atoms with E-state index in [1.54, 1.807) is 19.1 Å². The Hall–Kier alpha value is -2.32. The number of hydrogen-bond donors (Lipinski definition) is 1. The number of aryl methyl sites for hydroxylation is 1. The number of nitrogens with one attached hydrogen (secondary N) is 1. The molecule has 0 spiro atoms. The minimum Gasteiger partial charge on any atom is -0.431 e. The molecule has 1 aromatic heterocycles. The van der Waals surface area contributed by atoms with Gasteiger partial charge in [0.05, 0.1) is 16.4 Å². The average molecular weight is 569 g/mol. The first-order valence-corrected chi connectivity index (χ1v) is 16.7. The number of hydrogen-bond acceptors (Lipinski definition) is 6. The van der Waals surface area contributed by atoms with Crippen LogP contribution in [0.5, 0.6) is 0 Å². The van der Waals surface area contributed by atoms with Gasteiger partial charge in [0.25, 0.3) is 5.22 Å². The Morgan fingerprint density at radius 1 is 1.18 bits per heavy atom. The molecule has 210 valence electrons. The Kier molecular flexibility index (Phi) is 7.66. The molecule has 6 nitrogen and oxygen atoms in total. The lowest BCUT2D eigenvalue weighted by molar-refractivity contribution is -0.119. The fraction of sp³-hybridized carbons (Fsp3) is 0.548. The fourth-order valence-electron chi connectivity index (χ4n) is 7.00. The molecule has 1 N–H and O–H groups in total. The molecule has 0 saturated heterocycles. The van der Waals surface area contributed by atoms with Crippen LogP contribution in [0.4, 0.5) is 0 Å². The number of nitrogens with zero attached hydrogens (tertiary/aromatic N) is 1. The monoisotopic (exact) mass is 568 g/mol. The molecule has 2 aliphatic carbocycles. The van der Waals surface area contributed by atoms with Gasteiger partial charge in [0.2, 0.25) is 5.91 Å². The number of thioether (sulfide) groups is 1. The van der Waals surface area contributed by atoms with Crippen molar-refractivity contribution in [1.82, 2.24) is 10.3 Å². The molecule has 1 fully saturated rings. The number of amides is 1. The van der Waals surface area contributed by atoms with Crippen LogP contribution in [0, 0.1) is 11.3 Å². The highest BCUT2D eigenvalue weighted by molar-refractivity contribution is 7.99. The lowest BCUT2D eigenvalue weighted by Crippen LogP contribution is -2.53. The zero-order valence-corrected chi connectivity index (χ0v) is 25.3. The van der Waals surface area contributed by atoms with Crippen LogP contribution in [0.2, 0.25) is 0 Å². The molecular formula is C31H40N2O4S2. The van der Waals surface area contributed by atoms with E-state index in [4.69, 9.17) is 4.42 Å². The molecule has 0 aliphatic heterocycles. The van der Waals surface area contributed by atoms with Crippen LogP contribution in [0.3, 0.4) is 0 Å². The Labute approximate surface area is 236 Å². The maximum absolute atomic E-state index is 12.9. The van der Waals surface area contributed by atoms with Crippen LogP contribution in [-0.4, -0.2) is 37.4 Å². The van der Waals surface area contributed by atoms with Gasteiger partial charge in [-0.25, -0.2) is 13.4 Å². The zero-order valence-electron chi connectivity index (χ0n) is 23.7. The predicted molar refractivity (Wildman–Crippen MR) is 157 cm³/mol. The molecule has 3 unspecified atom stereocenters. The predicted octanol–water partition coefficient (Wildman–Crippen LogP) is 6.66. The van der Waals surface area contributed by atoms with E-state index in [0.29, 0.717) is 34.7 Å². The number of carbonyl (C=O) groups is 1. The summed E-state index contributed by atoms with van der Waals surface area (Å²) in [6, 6.07) is 11.8. The third-order valence-electron chi connectivity index (χ3n) is 9.26. The molecule has 1 amide bonds. The third kappa shape index (κ3) is 5.39. The Morgan fingerprint density at radius 3 is 2.72 bits per heavy atom. The molecule has 5 rings (SSSR count). The van der Waals surface area contributed by atoms with Crippen molar-refractivity contribution < 1.29 is 17.6 Å². The van der Waals surface area contributed by atoms with Gasteiger partial charge in [-0.1, -0.05) is 71.0 Å². The second-order valence-electron chi connectivity index (χ2n) is 12.2. The summed E-state index contributed by atoms with van der Waals surface area (Å²) in [5, 5.41) is 3.59. The average Bonchev–Trinajstić information content (AvgIpc) is 3.33. The normalized spacial score (nSPS) is 24.9. The minimum absolute atomic E-state index is 0.0304. The SMILES string of the molecule is CCS(=O)(=O)c1ccc2oc(SCC(=O)NCC3(C)CCCC4(C)c5ccc(C(C)C)cc5CCC34)nc2c1. The van der Waals surface area contributed by atoms with Crippen molar-refractivity contribution in [3.8, 4) is 0 Å². The van der Waals surface area contributed by atoms with Crippen molar-refractivity contribution in [3.05, 3.63) is 53.1 Å². The molecule has 8 heteroatoms. The van der Waals surface area contributed by atoms with Gasteiger partial charge in [0, 0.05) is 6.54 Å². The Bertz CT molecular complexity index is 1500. The summed E-state index contributed by atoms with van der Waals surface area (Å²) in [5.74, 6) is 1.25. The van der Waals surface area contributed by atoms with Gasteiger partial charge in [0.1, 0.15) is 5.52 Å². The zero-order chi connectivity index (χ0) is 28.0. The van der Waals surface area contributed by atoms with Gasteiger partial charge in [-0.2, -0.15) is 0 Å². The van der Waals surface area contributed by atoms with Crippen molar-refractivity contribution in [2.75, 3.05) is 18.1 Å². The Balaban J connectivity index is 1.23. The number of benzene rings is 2.